The van der Waals surface area contributed by atoms with Crippen molar-refractivity contribution in [2.45, 2.75) is 18.9 Å². The minimum Gasteiger partial charge on any atom is -0.496 e. The highest BCUT2D eigenvalue weighted by atomic mass is 19.1. The van der Waals surface area contributed by atoms with E-state index < -0.39 is 0 Å². The molecule has 2 heterocycles. The van der Waals surface area contributed by atoms with Crippen LogP contribution in [0.3, 0.4) is 0 Å². The highest BCUT2D eigenvalue weighted by molar-refractivity contribution is 5.63. The number of halogens is 1. The molecule has 0 bridgehead atoms. The number of hydrogen-bond acceptors (Lipinski definition) is 5. The molecule has 2 aromatic rings. The molecule has 0 amide bonds. The van der Waals surface area contributed by atoms with Crippen molar-refractivity contribution in [2.75, 3.05) is 13.7 Å². The Kier molecular flexibility index (Phi) is 3.16. The van der Waals surface area contributed by atoms with Crippen molar-refractivity contribution in [2.24, 2.45) is 0 Å². The van der Waals surface area contributed by atoms with Gasteiger partial charge in [0.05, 0.1) is 18.7 Å². The molecule has 1 atom stereocenters. The second kappa shape index (κ2) is 4.97. The van der Waals surface area contributed by atoms with Gasteiger partial charge in [0.25, 0.3) is 0 Å². The predicted molar refractivity (Wildman–Crippen MR) is 66.2 cm³/mol. The number of hydrogen-bond donors (Lipinski definition) is 1. The first-order valence-corrected chi connectivity index (χ1v) is 6.19. The van der Waals surface area contributed by atoms with Gasteiger partial charge in [0.15, 0.2) is 0 Å². The van der Waals surface area contributed by atoms with E-state index in [-0.39, 0.29) is 11.9 Å². The maximum absolute atomic E-state index is 13.3. The molecule has 1 unspecified atom stereocenters. The zero-order valence-electron chi connectivity index (χ0n) is 10.5. The van der Waals surface area contributed by atoms with Gasteiger partial charge in [-0.3, -0.25) is 0 Å². The zero-order chi connectivity index (χ0) is 13.2. The van der Waals surface area contributed by atoms with Crippen LogP contribution in [0.5, 0.6) is 5.75 Å². The summed E-state index contributed by atoms with van der Waals surface area (Å²) in [6.07, 6.45) is 2.06. The minimum absolute atomic E-state index is 0.0980. The lowest BCUT2D eigenvalue weighted by Crippen LogP contribution is -2.12. The molecule has 0 radical (unpaired) electrons. The summed E-state index contributed by atoms with van der Waals surface area (Å²) in [4.78, 5) is 4.33. The van der Waals surface area contributed by atoms with Gasteiger partial charge in [-0.15, -0.1) is 0 Å². The molecule has 1 aliphatic heterocycles. The number of methoxy groups -OCH3 is 1. The molecular weight excluding hydrogens is 249 g/mol. The molecule has 1 aromatic carbocycles. The standard InChI is InChI=1S/C13H14FN3O2/c1-18-11-5-4-8(14)7-9(11)12-16-13(19-17-12)10-3-2-6-15-10/h4-5,7,10,15H,2-3,6H2,1H3. The second-order valence-electron chi connectivity index (χ2n) is 4.45. The van der Waals surface area contributed by atoms with Gasteiger partial charge in [0.2, 0.25) is 11.7 Å². The topological polar surface area (TPSA) is 60.2 Å². The van der Waals surface area contributed by atoms with Gasteiger partial charge in [-0.1, -0.05) is 5.16 Å². The van der Waals surface area contributed by atoms with E-state index in [1.54, 1.807) is 6.07 Å². The highest BCUT2D eigenvalue weighted by Crippen LogP contribution is 2.30. The average Bonchev–Trinajstić information content (AvgIpc) is 3.09. The molecule has 0 spiro atoms. The Hall–Kier alpha value is -1.95. The molecule has 1 aliphatic rings. The number of nitrogens with zero attached hydrogens (tertiary/aromatic N) is 2. The first-order chi connectivity index (χ1) is 9.28. The Morgan fingerprint density at radius 2 is 2.37 bits per heavy atom. The van der Waals surface area contributed by atoms with Gasteiger partial charge in [-0.05, 0) is 37.6 Å². The van der Waals surface area contributed by atoms with Gasteiger partial charge in [-0.25, -0.2) is 4.39 Å². The highest BCUT2D eigenvalue weighted by Gasteiger charge is 2.23. The van der Waals surface area contributed by atoms with E-state index in [4.69, 9.17) is 9.26 Å². The van der Waals surface area contributed by atoms with Crippen molar-refractivity contribution >= 4 is 0 Å². The normalized spacial score (nSPS) is 18.7. The Labute approximate surface area is 109 Å². The van der Waals surface area contributed by atoms with Crippen molar-refractivity contribution in [3.63, 3.8) is 0 Å². The van der Waals surface area contributed by atoms with Crippen molar-refractivity contribution in [1.82, 2.24) is 15.5 Å². The van der Waals surface area contributed by atoms with Crippen molar-refractivity contribution in [1.29, 1.82) is 0 Å². The summed E-state index contributed by atoms with van der Waals surface area (Å²) in [6, 6.07) is 4.33. The summed E-state index contributed by atoms with van der Waals surface area (Å²) < 4.78 is 23.7. The molecule has 1 fully saturated rings. The second-order valence-corrected chi connectivity index (χ2v) is 4.45. The van der Waals surface area contributed by atoms with Gasteiger partial charge in [0, 0.05) is 0 Å². The van der Waals surface area contributed by atoms with Crippen LogP contribution in [0.1, 0.15) is 24.8 Å². The van der Waals surface area contributed by atoms with E-state index >= 15 is 0 Å². The van der Waals surface area contributed by atoms with E-state index in [2.05, 4.69) is 15.5 Å². The third-order valence-corrected chi connectivity index (χ3v) is 3.20. The van der Waals surface area contributed by atoms with Crippen LogP contribution in [0.2, 0.25) is 0 Å². The molecule has 19 heavy (non-hydrogen) atoms. The molecule has 1 aromatic heterocycles. The lowest BCUT2D eigenvalue weighted by Gasteiger charge is -2.04. The van der Waals surface area contributed by atoms with Crippen LogP contribution in [0, 0.1) is 5.82 Å². The fourth-order valence-corrected chi connectivity index (χ4v) is 2.24. The molecule has 0 aliphatic carbocycles. The average molecular weight is 263 g/mol. The maximum atomic E-state index is 13.3. The van der Waals surface area contributed by atoms with E-state index in [1.165, 1.54) is 19.2 Å². The summed E-state index contributed by atoms with van der Waals surface area (Å²) in [7, 11) is 1.52. The van der Waals surface area contributed by atoms with Gasteiger partial charge >= 0.3 is 0 Å². The molecule has 3 rings (SSSR count). The number of rotatable bonds is 3. The Morgan fingerprint density at radius 3 is 3.11 bits per heavy atom. The summed E-state index contributed by atoms with van der Waals surface area (Å²) in [5, 5.41) is 7.18. The monoisotopic (exact) mass is 263 g/mol. The van der Waals surface area contributed by atoms with E-state index in [0.29, 0.717) is 23.0 Å². The Bertz CT molecular complexity index is 579. The van der Waals surface area contributed by atoms with Gasteiger partial charge < -0.3 is 14.6 Å². The molecule has 6 heteroatoms. The molecule has 1 saturated heterocycles. The molecule has 0 saturated carbocycles. The first-order valence-electron chi connectivity index (χ1n) is 6.19. The number of aromatic nitrogens is 2. The van der Waals surface area contributed by atoms with Crippen LogP contribution in [0.4, 0.5) is 4.39 Å². The van der Waals surface area contributed by atoms with Crippen molar-refractivity contribution in [3.8, 4) is 17.1 Å². The molecular formula is C13H14FN3O2. The van der Waals surface area contributed by atoms with Crippen LogP contribution in [0.25, 0.3) is 11.4 Å². The fourth-order valence-electron chi connectivity index (χ4n) is 2.24. The van der Waals surface area contributed by atoms with Crippen molar-refractivity contribution in [3.05, 3.63) is 29.9 Å². The number of nitrogens with one attached hydrogen (secondary N) is 1. The van der Waals surface area contributed by atoms with Crippen LogP contribution in [0.15, 0.2) is 22.7 Å². The van der Waals surface area contributed by atoms with Gasteiger partial charge in [-0.2, -0.15) is 4.98 Å². The quantitative estimate of drug-likeness (QED) is 0.920. The summed E-state index contributed by atoms with van der Waals surface area (Å²) >= 11 is 0. The molecule has 1 N–H and O–H groups in total. The van der Waals surface area contributed by atoms with Gasteiger partial charge in [0.1, 0.15) is 11.6 Å². The third kappa shape index (κ3) is 2.31. The number of ether oxygens (including phenoxy) is 1. The Balaban J connectivity index is 1.95. The first kappa shape index (κ1) is 12.1. The summed E-state index contributed by atoms with van der Waals surface area (Å²) in [5.41, 5.74) is 0.496. The third-order valence-electron chi connectivity index (χ3n) is 3.20. The van der Waals surface area contributed by atoms with Crippen LogP contribution >= 0.6 is 0 Å². The number of benzene rings is 1. The zero-order valence-corrected chi connectivity index (χ0v) is 10.5. The summed E-state index contributed by atoms with van der Waals surface area (Å²) in [6.45, 7) is 0.950. The molecule has 100 valence electrons. The SMILES string of the molecule is COc1ccc(F)cc1-c1noc(C2CCCN2)n1. The predicted octanol–water partition coefficient (Wildman–Crippen LogP) is 2.31. The van der Waals surface area contributed by atoms with Crippen LogP contribution in [-0.4, -0.2) is 23.8 Å². The smallest absolute Gasteiger partial charge is 0.244 e. The lowest BCUT2D eigenvalue weighted by molar-refractivity contribution is 0.344. The fraction of sp³-hybridized carbons (Fsp3) is 0.385. The minimum atomic E-state index is -0.360. The van der Waals surface area contributed by atoms with E-state index in [0.717, 1.165) is 19.4 Å². The Morgan fingerprint density at radius 1 is 1.47 bits per heavy atom. The van der Waals surface area contributed by atoms with Crippen molar-refractivity contribution < 1.29 is 13.7 Å². The van der Waals surface area contributed by atoms with Crippen LogP contribution in [-0.2, 0) is 0 Å². The largest absolute Gasteiger partial charge is 0.496 e. The maximum Gasteiger partial charge on any atom is 0.244 e. The van der Waals surface area contributed by atoms with E-state index in [1.807, 2.05) is 0 Å². The van der Waals surface area contributed by atoms with E-state index in [9.17, 15) is 4.39 Å². The van der Waals surface area contributed by atoms with Crippen LogP contribution < -0.4 is 10.1 Å². The summed E-state index contributed by atoms with van der Waals surface area (Å²) in [5.74, 6) is 1.05. The molecule has 5 nitrogen and oxygen atoms in total. The lowest BCUT2D eigenvalue weighted by atomic mass is 10.2.